The van der Waals surface area contributed by atoms with Crippen LogP contribution in [0.3, 0.4) is 0 Å². The monoisotopic (exact) mass is 472 g/mol. The van der Waals surface area contributed by atoms with Crippen LogP contribution in [-0.2, 0) is 10.5 Å². The van der Waals surface area contributed by atoms with E-state index >= 15 is 0 Å². The Kier molecular flexibility index (Phi) is 9.05. The van der Waals surface area contributed by atoms with Gasteiger partial charge in [0, 0.05) is 17.9 Å². The van der Waals surface area contributed by atoms with Crippen LogP contribution in [0.1, 0.15) is 27.0 Å². The minimum absolute atomic E-state index is 0.0838. The summed E-state index contributed by atoms with van der Waals surface area (Å²) in [6.07, 6.45) is 0. The molecule has 0 atom stereocenters. The number of halogens is 1. The van der Waals surface area contributed by atoms with E-state index in [9.17, 15) is 29.4 Å². The number of esters is 1. The van der Waals surface area contributed by atoms with Gasteiger partial charge in [-0.2, -0.15) is 4.39 Å². The van der Waals surface area contributed by atoms with Gasteiger partial charge in [-0.25, -0.2) is 4.79 Å². The van der Waals surface area contributed by atoms with Crippen LogP contribution >= 0.6 is 11.8 Å². The second-order valence-corrected chi connectivity index (χ2v) is 7.89. The Morgan fingerprint density at radius 1 is 0.939 bits per heavy atom. The van der Waals surface area contributed by atoms with Crippen LogP contribution < -0.4 is 0 Å². The highest BCUT2D eigenvalue weighted by atomic mass is 32.2. The third kappa shape index (κ3) is 7.11. The van der Waals surface area contributed by atoms with Crippen molar-refractivity contribution >= 4 is 29.1 Å². The summed E-state index contributed by atoms with van der Waals surface area (Å²) in [5, 5.41) is 21.3. The van der Waals surface area contributed by atoms with E-state index in [1.54, 1.807) is 31.2 Å². The first-order valence-corrected chi connectivity index (χ1v) is 10.6. The zero-order valence-corrected chi connectivity index (χ0v) is 18.9. The minimum atomic E-state index is -0.791. The molecular weight excluding hydrogens is 451 g/mol. The molecule has 0 aliphatic heterocycles. The van der Waals surface area contributed by atoms with Gasteiger partial charge in [-0.3, -0.25) is 20.2 Å². The molecule has 8 nitrogen and oxygen atoms in total. The fourth-order valence-electron chi connectivity index (χ4n) is 2.77. The van der Waals surface area contributed by atoms with Crippen molar-refractivity contribution in [3.63, 3.8) is 0 Å². The molecule has 0 unspecified atom stereocenters. The topological polar surface area (TPSA) is 113 Å². The number of nitro groups is 2. The number of carbonyl (C=O) groups is 1. The van der Waals surface area contributed by atoms with Gasteiger partial charge < -0.3 is 4.74 Å². The number of aryl methyl sites for hydroxylation is 2. The van der Waals surface area contributed by atoms with Crippen LogP contribution in [-0.4, -0.2) is 22.9 Å². The molecule has 0 fully saturated rings. The Morgan fingerprint density at radius 3 is 2.09 bits per heavy atom. The molecule has 0 bridgehead atoms. The van der Waals surface area contributed by atoms with Crippen LogP contribution in [0.5, 0.6) is 0 Å². The van der Waals surface area contributed by atoms with Gasteiger partial charge in [0.1, 0.15) is 0 Å². The number of ether oxygens (including phenoxy) is 1. The predicted octanol–water partition coefficient (Wildman–Crippen LogP) is 6.02. The maximum absolute atomic E-state index is 12.6. The van der Waals surface area contributed by atoms with Crippen LogP contribution in [0.2, 0.25) is 0 Å². The van der Waals surface area contributed by atoms with Crippen molar-refractivity contribution in [2.45, 2.75) is 24.5 Å². The summed E-state index contributed by atoms with van der Waals surface area (Å²) < 4.78 is 17.3. The summed E-state index contributed by atoms with van der Waals surface area (Å²) in [6.45, 7) is 3.49. The minimum Gasteiger partial charge on any atom is -0.465 e. The molecule has 3 rings (SSSR count). The molecule has 33 heavy (non-hydrogen) atoms. The van der Waals surface area contributed by atoms with Crippen molar-refractivity contribution in [2.24, 2.45) is 0 Å². The lowest BCUT2D eigenvalue weighted by atomic mass is 10.1. The largest absolute Gasteiger partial charge is 0.465 e. The van der Waals surface area contributed by atoms with E-state index in [1.807, 2.05) is 25.1 Å². The number of carbonyl (C=O) groups excluding carboxylic acids is 1. The van der Waals surface area contributed by atoms with Gasteiger partial charge in [-0.15, -0.1) is 11.8 Å². The van der Waals surface area contributed by atoms with Crippen molar-refractivity contribution < 1.29 is 23.8 Å². The van der Waals surface area contributed by atoms with E-state index in [4.69, 9.17) is 4.74 Å². The molecule has 3 aromatic carbocycles. The molecule has 10 heteroatoms. The highest BCUT2D eigenvalue weighted by molar-refractivity contribution is 7.98. The van der Waals surface area contributed by atoms with E-state index in [0.717, 1.165) is 17.2 Å². The van der Waals surface area contributed by atoms with Gasteiger partial charge in [0.15, 0.2) is 0 Å². The van der Waals surface area contributed by atoms with Crippen LogP contribution in [0.15, 0.2) is 65.6 Å². The highest BCUT2D eigenvalue weighted by Crippen LogP contribution is 2.33. The van der Waals surface area contributed by atoms with Crippen molar-refractivity contribution in [2.75, 3.05) is 7.11 Å². The number of hydrogen-bond acceptors (Lipinski definition) is 7. The average molecular weight is 472 g/mol. The Morgan fingerprint density at radius 2 is 1.52 bits per heavy atom. The lowest BCUT2D eigenvalue weighted by Gasteiger charge is -2.08. The van der Waals surface area contributed by atoms with E-state index in [2.05, 4.69) is 0 Å². The van der Waals surface area contributed by atoms with Gasteiger partial charge in [0.2, 0.25) is 5.82 Å². The summed E-state index contributed by atoms with van der Waals surface area (Å²) in [7, 11) is 1.33. The Bertz CT molecular complexity index is 1190. The first-order valence-electron chi connectivity index (χ1n) is 9.58. The zero-order chi connectivity index (χ0) is 24.5. The Labute approximate surface area is 193 Å². The third-order valence-corrected chi connectivity index (χ3v) is 5.53. The van der Waals surface area contributed by atoms with Crippen molar-refractivity contribution in [3.05, 3.63) is 109 Å². The fourth-order valence-corrected chi connectivity index (χ4v) is 3.77. The molecule has 0 amide bonds. The molecule has 0 radical (unpaired) electrons. The number of thioether (sulfide) groups is 1. The standard InChI is InChI=1S/C16H15NO4S.C7H6FNO2/c1-11-7-8-15(14(9-11)17(19)20)22-10-12-5-3-4-6-13(12)16(18)21-2;1-5-2-3-6(8)7(4-5)9(10)11/h3-9H,10H2,1-2H3;2-4H,1H3. The Hall–Kier alpha value is -3.79. The molecule has 0 heterocycles. The van der Waals surface area contributed by atoms with Gasteiger partial charge in [-0.05, 0) is 48.7 Å². The maximum Gasteiger partial charge on any atom is 0.338 e. The van der Waals surface area contributed by atoms with Crippen molar-refractivity contribution in [1.29, 1.82) is 0 Å². The number of methoxy groups -OCH3 is 1. The maximum atomic E-state index is 12.6. The van der Waals surface area contributed by atoms with Crippen molar-refractivity contribution in [3.8, 4) is 0 Å². The van der Waals surface area contributed by atoms with Gasteiger partial charge in [0.25, 0.3) is 5.69 Å². The van der Waals surface area contributed by atoms with E-state index < -0.39 is 22.4 Å². The smallest absolute Gasteiger partial charge is 0.338 e. The summed E-state index contributed by atoms with van der Waals surface area (Å²) in [5.74, 6) is -0.745. The summed E-state index contributed by atoms with van der Waals surface area (Å²) in [6, 6.07) is 16.0. The first kappa shape index (κ1) is 25.5. The highest BCUT2D eigenvalue weighted by Gasteiger charge is 2.16. The number of hydrogen-bond donors (Lipinski definition) is 0. The molecule has 0 aromatic heterocycles. The summed E-state index contributed by atoms with van der Waals surface area (Å²) in [4.78, 5) is 32.4. The number of nitro benzene ring substituents is 2. The second-order valence-electron chi connectivity index (χ2n) is 6.88. The summed E-state index contributed by atoms with van der Waals surface area (Å²) in [5.41, 5.74) is 2.40. The number of rotatable bonds is 6. The quantitative estimate of drug-likeness (QED) is 0.186. The third-order valence-electron chi connectivity index (χ3n) is 4.42. The molecule has 0 aliphatic rings. The lowest BCUT2D eigenvalue weighted by Crippen LogP contribution is -2.04. The van der Waals surface area contributed by atoms with Crippen LogP contribution in [0, 0.1) is 39.9 Å². The number of benzene rings is 3. The van der Waals surface area contributed by atoms with Crippen LogP contribution in [0.25, 0.3) is 0 Å². The van der Waals surface area contributed by atoms with Crippen LogP contribution in [0.4, 0.5) is 15.8 Å². The predicted molar refractivity (Wildman–Crippen MR) is 123 cm³/mol. The van der Waals surface area contributed by atoms with E-state index in [0.29, 0.717) is 21.8 Å². The lowest BCUT2D eigenvalue weighted by molar-refractivity contribution is -0.387. The van der Waals surface area contributed by atoms with E-state index in [1.165, 1.54) is 31.0 Å². The molecule has 0 spiro atoms. The molecule has 172 valence electrons. The van der Waals surface area contributed by atoms with Gasteiger partial charge in [0.05, 0.1) is 27.4 Å². The average Bonchev–Trinajstić information content (AvgIpc) is 2.79. The first-order chi connectivity index (χ1) is 15.6. The Balaban J connectivity index is 0.000000294. The SMILES string of the molecule is COC(=O)c1ccccc1CSc1ccc(C)cc1[N+](=O)[O-].Cc1ccc(F)c([N+](=O)[O-])c1. The molecule has 0 aliphatic carbocycles. The zero-order valence-electron chi connectivity index (χ0n) is 18.1. The fraction of sp³-hybridized carbons (Fsp3) is 0.174. The molecular formula is C23H21FN2O6S. The van der Waals surface area contributed by atoms with Gasteiger partial charge >= 0.3 is 11.7 Å². The van der Waals surface area contributed by atoms with Crippen molar-refractivity contribution in [1.82, 2.24) is 0 Å². The molecule has 0 N–H and O–H groups in total. The van der Waals surface area contributed by atoms with E-state index in [-0.39, 0.29) is 10.6 Å². The molecule has 0 saturated heterocycles. The summed E-state index contributed by atoms with van der Waals surface area (Å²) >= 11 is 1.33. The second kappa shape index (κ2) is 11.7. The number of nitrogens with zero attached hydrogens (tertiary/aromatic N) is 2. The van der Waals surface area contributed by atoms with Gasteiger partial charge in [-0.1, -0.05) is 30.3 Å². The molecule has 3 aromatic rings. The molecule has 0 saturated carbocycles. The normalized spacial score (nSPS) is 10.1.